The number of hydrogen-bond acceptors (Lipinski definition) is 6. The smallest absolute Gasteiger partial charge is 0.410 e. The van der Waals surface area contributed by atoms with Gasteiger partial charge in [-0.25, -0.2) is 4.79 Å². The first-order chi connectivity index (χ1) is 11.5. The van der Waals surface area contributed by atoms with E-state index in [1.165, 1.54) is 11.3 Å². The molecule has 0 saturated carbocycles. The molecule has 2 atom stereocenters. The summed E-state index contributed by atoms with van der Waals surface area (Å²) in [5.41, 5.74) is 2.60. The first kappa shape index (κ1) is 19.4. The largest absolute Gasteiger partial charge is 0.412 e. The van der Waals surface area contributed by atoms with Gasteiger partial charge in [-0.3, -0.25) is 14.0 Å². The van der Waals surface area contributed by atoms with Gasteiger partial charge in [0.15, 0.2) is 0 Å². The number of anilines is 1. The molecule has 1 aromatic carbocycles. The van der Waals surface area contributed by atoms with Gasteiger partial charge in [0.2, 0.25) is 0 Å². The Kier molecular flexibility index (Phi) is 5.28. The van der Waals surface area contributed by atoms with Gasteiger partial charge in [-0.2, -0.15) is 8.42 Å². The van der Waals surface area contributed by atoms with E-state index >= 15 is 0 Å². The maximum absolute atomic E-state index is 11.4. The molecule has 2 aliphatic heterocycles. The summed E-state index contributed by atoms with van der Waals surface area (Å²) < 4.78 is 36.8. The fourth-order valence-corrected chi connectivity index (χ4v) is 3.78. The van der Waals surface area contributed by atoms with Crippen molar-refractivity contribution in [2.24, 2.45) is 0 Å². The summed E-state index contributed by atoms with van der Waals surface area (Å²) in [6.45, 7) is 3.39. The van der Waals surface area contributed by atoms with Gasteiger partial charge in [0.05, 0.1) is 6.17 Å². The van der Waals surface area contributed by atoms with Gasteiger partial charge < -0.3 is 15.0 Å². The molecule has 1 aromatic rings. The molecule has 1 amide bonds. The van der Waals surface area contributed by atoms with Gasteiger partial charge in [0.1, 0.15) is 5.75 Å². The minimum Gasteiger partial charge on any atom is -0.410 e. The molecule has 2 unspecified atom stereocenters. The predicted molar refractivity (Wildman–Crippen MR) is 92.5 cm³/mol. The Morgan fingerprint density at radius 2 is 1.96 bits per heavy atom. The molecule has 0 radical (unpaired) electrons. The highest BCUT2D eigenvalue weighted by atomic mass is 32.3. The molecule has 2 heterocycles. The van der Waals surface area contributed by atoms with E-state index in [9.17, 15) is 4.79 Å². The first-order valence-electron chi connectivity index (χ1n) is 7.64. The van der Waals surface area contributed by atoms with Crippen LogP contribution in [0.3, 0.4) is 0 Å². The van der Waals surface area contributed by atoms with Crippen molar-refractivity contribution in [3.63, 3.8) is 0 Å². The van der Waals surface area contributed by atoms with Crippen LogP contribution in [0.15, 0.2) is 18.2 Å². The van der Waals surface area contributed by atoms with E-state index in [2.05, 4.69) is 36.1 Å². The third kappa shape index (κ3) is 4.03. The van der Waals surface area contributed by atoms with Crippen LogP contribution in [0.25, 0.3) is 0 Å². The number of fused-ring (bicyclic) bond motifs is 3. The lowest BCUT2D eigenvalue weighted by atomic mass is 9.81. The highest BCUT2D eigenvalue weighted by Gasteiger charge is 2.52. The predicted octanol–water partition coefficient (Wildman–Crippen LogP) is 1.12. The van der Waals surface area contributed by atoms with Gasteiger partial charge in [-0.05, 0) is 37.2 Å². The number of amides is 1. The Bertz CT molecular complexity index is 761. The third-order valence-electron chi connectivity index (χ3n) is 4.72. The Morgan fingerprint density at radius 3 is 2.52 bits per heavy atom. The lowest BCUT2D eigenvalue weighted by Crippen LogP contribution is -2.45. The second-order valence-electron chi connectivity index (χ2n) is 6.40. The van der Waals surface area contributed by atoms with E-state index in [0.29, 0.717) is 11.9 Å². The van der Waals surface area contributed by atoms with Crippen LogP contribution in [0.4, 0.5) is 10.5 Å². The van der Waals surface area contributed by atoms with Crippen LogP contribution >= 0.6 is 0 Å². The normalized spacial score (nSPS) is 24.9. The van der Waals surface area contributed by atoms with Gasteiger partial charge in [-0.15, -0.1) is 0 Å². The van der Waals surface area contributed by atoms with Gasteiger partial charge in [0.25, 0.3) is 0 Å². The highest BCUT2D eigenvalue weighted by Crippen LogP contribution is 2.51. The number of benzene rings is 1. The third-order valence-corrected chi connectivity index (χ3v) is 4.72. The molecule has 0 spiro atoms. The Balaban J connectivity index is 0.000000399. The summed E-state index contributed by atoms with van der Waals surface area (Å²) in [4.78, 5) is 16.1. The zero-order valence-corrected chi connectivity index (χ0v) is 15.4. The lowest BCUT2D eigenvalue weighted by molar-refractivity contribution is 0.203. The van der Waals surface area contributed by atoms with E-state index in [1.807, 2.05) is 18.2 Å². The summed E-state index contributed by atoms with van der Waals surface area (Å²) in [7, 11) is 1.20. The molecule has 2 aliphatic rings. The van der Waals surface area contributed by atoms with Gasteiger partial charge in [-0.1, -0.05) is 6.92 Å². The number of likely N-dealkylation sites (N-methyl/N-ethyl adjacent to an activating group) is 2. The van der Waals surface area contributed by atoms with Gasteiger partial charge in [0, 0.05) is 31.7 Å². The Morgan fingerprint density at radius 1 is 1.36 bits per heavy atom. The minimum absolute atomic E-state index is 0.0981. The zero-order valence-electron chi connectivity index (χ0n) is 14.6. The fraction of sp³-hybridized carbons (Fsp3) is 0.533. The average molecular weight is 373 g/mol. The van der Waals surface area contributed by atoms with Crippen LogP contribution in [0.5, 0.6) is 5.75 Å². The Labute approximate surface area is 147 Å². The van der Waals surface area contributed by atoms with Crippen LogP contribution in [-0.2, 0) is 15.8 Å². The van der Waals surface area contributed by atoms with Crippen molar-refractivity contribution in [3.8, 4) is 5.75 Å². The van der Waals surface area contributed by atoms with Crippen molar-refractivity contribution in [2.45, 2.75) is 24.9 Å². The van der Waals surface area contributed by atoms with Crippen LogP contribution < -0.4 is 15.0 Å². The van der Waals surface area contributed by atoms with Crippen molar-refractivity contribution in [3.05, 3.63) is 23.8 Å². The summed E-state index contributed by atoms with van der Waals surface area (Å²) in [5, 5.41) is 2.47. The van der Waals surface area contributed by atoms with Crippen LogP contribution in [0.2, 0.25) is 0 Å². The van der Waals surface area contributed by atoms with Crippen molar-refractivity contribution in [1.29, 1.82) is 0 Å². The van der Waals surface area contributed by atoms with Crippen molar-refractivity contribution in [1.82, 2.24) is 10.2 Å². The van der Waals surface area contributed by atoms with Crippen LogP contribution in [0, 0.1) is 0 Å². The molecule has 140 valence electrons. The molecule has 10 heteroatoms. The molecular weight excluding hydrogens is 350 g/mol. The molecule has 3 N–H and O–H groups in total. The van der Waals surface area contributed by atoms with Gasteiger partial charge >= 0.3 is 16.5 Å². The summed E-state index contributed by atoms with van der Waals surface area (Å²) in [6, 6.07) is 5.92. The number of rotatable bonds is 1. The maximum atomic E-state index is 11.4. The quantitative estimate of drug-likeness (QED) is 0.627. The summed E-state index contributed by atoms with van der Waals surface area (Å²) in [6.07, 6.45) is 1.07. The monoisotopic (exact) mass is 373 g/mol. The van der Waals surface area contributed by atoms with E-state index in [1.54, 1.807) is 7.05 Å². The van der Waals surface area contributed by atoms with E-state index < -0.39 is 16.5 Å². The van der Waals surface area contributed by atoms with Crippen molar-refractivity contribution >= 4 is 22.2 Å². The highest BCUT2D eigenvalue weighted by molar-refractivity contribution is 7.79. The molecule has 3 rings (SSSR count). The maximum Gasteiger partial charge on any atom is 0.412 e. The number of nitrogens with zero attached hydrogens (tertiary/aromatic N) is 2. The summed E-state index contributed by atoms with van der Waals surface area (Å²) in [5.74, 6) is 0.605. The zero-order chi connectivity index (χ0) is 19.0. The molecule has 1 fully saturated rings. The SMILES string of the molecule is CNC(=O)Oc1ccc2c(c1)C1(C)CCN(C)C1N2C.O=S(=O)(O)O. The minimum atomic E-state index is -4.67. The van der Waals surface area contributed by atoms with E-state index in [0.717, 1.165) is 13.0 Å². The molecule has 9 nitrogen and oxygen atoms in total. The number of carbonyl (C=O) groups excluding carboxylic acids is 1. The molecular formula is C15H23N3O6S. The molecule has 25 heavy (non-hydrogen) atoms. The van der Waals surface area contributed by atoms with E-state index in [4.69, 9.17) is 22.3 Å². The van der Waals surface area contributed by atoms with Crippen LogP contribution in [-0.4, -0.2) is 62.4 Å². The standard InChI is InChI=1S/C15H21N3O2.H2O4S/c1-15-7-8-17(3)13(15)18(4)12-6-5-10(9-11(12)15)20-14(19)16-2;1-5(2,3)4/h5-6,9,13H,7-8H2,1-4H3,(H,16,19);(H2,1,2,3,4). The first-order valence-corrected chi connectivity index (χ1v) is 9.04. The number of carbonyl (C=O) groups is 1. The molecule has 0 aromatic heterocycles. The summed E-state index contributed by atoms with van der Waals surface area (Å²) >= 11 is 0. The number of likely N-dealkylation sites (tertiary alicyclic amines) is 1. The molecule has 0 aliphatic carbocycles. The second-order valence-corrected chi connectivity index (χ2v) is 7.29. The van der Waals surface area contributed by atoms with Crippen molar-refractivity contribution in [2.75, 3.05) is 32.6 Å². The topological polar surface area (TPSA) is 119 Å². The van der Waals surface area contributed by atoms with E-state index in [-0.39, 0.29) is 5.41 Å². The number of hydrogen-bond donors (Lipinski definition) is 3. The van der Waals surface area contributed by atoms with Crippen LogP contribution in [0.1, 0.15) is 18.9 Å². The number of ether oxygens (including phenoxy) is 1. The molecule has 0 bridgehead atoms. The Hall–Kier alpha value is -1.88. The average Bonchev–Trinajstić information content (AvgIpc) is 2.91. The number of nitrogens with one attached hydrogen (secondary N) is 1. The lowest BCUT2D eigenvalue weighted by Gasteiger charge is -2.32. The second kappa shape index (κ2) is 6.79. The molecule has 1 saturated heterocycles. The fourth-order valence-electron chi connectivity index (χ4n) is 3.78. The van der Waals surface area contributed by atoms with Crippen molar-refractivity contribution < 1.29 is 27.1 Å².